The van der Waals surface area contributed by atoms with Crippen molar-refractivity contribution in [2.24, 2.45) is 0 Å². The Balaban J connectivity index is 1.80. The third-order valence-corrected chi connectivity index (χ3v) is 4.12. The molecule has 0 bridgehead atoms. The van der Waals surface area contributed by atoms with Crippen molar-refractivity contribution in [3.05, 3.63) is 53.8 Å². The molecule has 1 aromatic heterocycles. The Kier molecular flexibility index (Phi) is 4.52. The molecule has 3 aromatic rings. The van der Waals surface area contributed by atoms with Gasteiger partial charge in [0.2, 0.25) is 0 Å². The van der Waals surface area contributed by atoms with Gasteiger partial charge in [-0.2, -0.15) is 0 Å². The molecular formula is C17H15FN2O2S. The van der Waals surface area contributed by atoms with Crippen molar-refractivity contribution in [1.29, 1.82) is 0 Å². The summed E-state index contributed by atoms with van der Waals surface area (Å²) < 4.78 is 20.1. The largest absolute Gasteiger partial charge is 0.494 e. The molecule has 0 saturated carbocycles. The van der Waals surface area contributed by atoms with Gasteiger partial charge in [0, 0.05) is 6.07 Å². The fourth-order valence-corrected chi connectivity index (χ4v) is 2.92. The predicted octanol–water partition coefficient (Wildman–Crippen LogP) is 4.48. The first kappa shape index (κ1) is 15.4. The molecule has 1 N–H and O–H groups in total. The van der Waals surface area contributed by atoms with Gasteiger partial charge >= 0.3 is 0 Å². The molecule has 0 atom stereocenters. The van der Waals surface area contributed by atoms with Crippen LogP contribution in [0.1, 0.15) is 23.7 Å². The topological polar surface area (TPSA) is 51.2 Å². The molecule has 2 aromatic carbocycles. The van der Waals surface area contributed by atoms with E-state index in [2.05, 4.69) is 10.3 Å². The summed E-state index contributed by atoms with van der Waals surface area (Å²) in [4.78, 5) is 16.5. The summed E-state index contributed by atoms with van der Waals surface area (Å²) >= 11 is 1.34. The summed E-state index contributed by atoms with van der Waals surface area (Å²) in [6.07, 6.45) is 0.930. The number of carbonyl (C=O) groups is 1. The number of hydrogen-bond acceptors (Lipinski definition) is 4. The van der Waals surface area contributed by atoms with Crippen LogP contribution in [0.3, 0.4) is 0 Å². The number of fused-ring (bicyclic) bond motifs is 1. The fraction of sp³-hybridized carbons (Fsp3) is 0.176. The molecule has 6 heteroatoms. The van der Waals surface area contributed by atoms with Crippen molar-refractivity contribution in [3.63, 3.8) is 0 Å². The fourth-order valence-electron chi connectivity index (χ4n) is 2.08. The van der Waals surface area contributed by atoms with Crippen molar-refractivity contribution in [2.75, 3.05) is 11.9 Å². The molecule has 1 amide bonds. The summed E-state index contributed by atoms with van der Waals surface area (Å²) in [5, 5.41) is 3.07. The first-order valence-corrected chi connectivity index (χ1v) is 8.08. The van der Waals surface area contributed by atoms with E-state index in [0.717, 1.165) is 22.4 Å². The predicted molar refractivity (Wildman–Crippen MR) is 89.8 cm³/mol. The molecule has 0 fully saturated rings. The van der Waals surface area contributed by atoms with E-state index in [1.807, 2.05) is 25.1 Å². The number of hydrogen-bond donors (Lipinski definition) is 1. The molecule has 4 nitrogen and oxygen atoms in total. The Morgan fingerprint density at radius 3 is 2.91 bits per heavy atom. The highest BCUT2D eigenvalue weighted by Gasteiger charge is 2.13. The van der Waals surface area contributed by atoms with Crippen LogP contribution in [-0.4, -0.2) is 17.5 Å². The third-order valence-electron chi connectivity index (χ3n) is 3.17. The number of nitrogens with one attached hydrogen (secondary N) is 1. The number of anilines is 1. The maximum atomic E-state index is 13.6. The van der Waals surface area contributed by atoms with Gasteiger partial charge in [0.25, 0.3) is 5.91 Å². The van der Waals surface area contributed by atoms with Crippen LogP contribution in [0, 0.1) is 5.82 Å². The van der Waals surface area contributed by atoms with Crippen molar-refractivity contribution in [2.45, 2.75) is 13.3 Å². The number of carbonyl (C=O) groups excluding carboxylic acids is 1. The number of nitrogens with zero attached hydrogens (tertiary/aromatic N) is 1. The highest BCUT2D eigenvalue weighted by molar-refractivity contribution is 7.22. The van der Waals surface area contributed by atoms with Crippen LogP contribution in [-0.2, 0) is 0 Å². The Morgan fingerprint density at radius 2 is 2.13 bits per heavy atom. The van der Waals surface area contributed by atoms with Gasteiger partial charge in [0.1, 0.15) is 11.6 Å². The first-order chi connectivity index (χ1) is 11.2. The van der Waals surface area contributed by atoms with Gasteiger partial charge in [-0.05, 0) is 30.7 Å². The molecular weight excluding hydrogens is 315 g/mol. The summed E-state index contributed by atoms with van der Waals surface area (Å²) in [5.41, 5.74) is 0.742. The van der Waals surface area contributed by atoms with E-state index >= 15 is 0 Å². The van der Waals surface area contributed by atoms with E-state index in [1.165, 1.54) is 23.5 Å². The lowest BCUT2D eigenvalue weighted by Crippen LogP contribution is -2.13. The number of rotatable bonds is 5. The summed E-state index contributed by atoms with van der Waals surface area (Å²) in [7, 11) is 0. The molecule has 3 rings (SSSR count). The quantitative estimate of drug-likeness (QED) is 0.750. The maximum absolute atomic E-state index is 13.6. The number of thiazole rings is 1. The van der Waals surface area contributed by atoms with Crippen LogP contribution in [0.2, 0.25) is 0 Å². The SMILES string of the molecule is CCCOc1ccc2sc(NC(=O)c3ccccc3F)nc2c1. The minimum atomic E-state index is -0.554. The normalized spacial score (nSPS) is 10.7. The van der Waals surface area contributed by atoms with Crippen molar-refractivity contribution >= 4 is 32.6 Å². The second-order valence-electron chi connectivity index (χ2n) is 4.93. The van der Waals surface area contributed by atoms with Crippen LogP contribution >= 0.6 is 11.3 Å². The third kappa shape index (κ3) is 3.48. The lowest BCUT2D eigenvalue weighted by atomic mass is 10.2. The minimum absolute atomic E-state index is 0.00118. The average molecular weight is 330 g/mol. The molecule has 0 spiro atoms. The van der Waals surface area contributed by atoms with Crippen LogP contribution in [0.15, 0.2) is 42.5 Å². The zero-order valence-corrected chi connectivity index (χ0v) is 13.3. The lowest BCUT2D eigenvalue weighted by molar-refractivity contribution is 0.102. The van der Waals surface area contributed by atoms with Gasteiger partial charge in [-0.1, -0.05) is 30.4 Å². The van der Waals surface area contributed by atoms with Gasteiger partial charge in [0.15, 0.2) is 5.13 Å². The Hall–Kier alpha value is -2.47. The van der Waals surface area contributed by atoms with Crippen molar-refractivity contribution in [3.8, 4) is 5.75 Å². The average Bonchev–Trinajstić information content (AvgIpc) is 2.94. The lowest BCUT2D eigenvalue weighted by Gasteiger charge is -2.02. The Bertz CT molecular complexity index is 847. The standard InChI is InChI=1S/C17H15FN2O2S/c1-2-9-22-11-7-8-15-14(10-11)19-17(23-15)20-16(21)12-5-3-4-6-13(12)18/h3-8,10H,2,9H2,1H3,(H,19,20,21). The van der Waals surface area contributed by atoms with Crippen LogP contribution in [0.25, 0.3) is 10.2 Å². The van der Waals surface area contributed by atoms with E-state index in [9.17, 15) is 9.18 Å². The van der Waals surface area contributed by atoms with Crippen LogP contribution in [0.4, 0.5) is 9.52 Å². The van der Waals surface area contributed by atoms with E-state index < -0.39 is 11.7 Å². The van der Waals surface area contributed by atoms with Crippen LogP contribution < -0.4 is 10.1 Å². The summed E-state index contributed by atoms with van der Waals surface area (Å²) in [5.74, 6) is -0.317. The molecule has 23 heavy (non-hydrogen) atoms. The molecule has 0 aliphatic heterocycles. The highest BCUT2D eigenvalue weighted by atomic mass is 32.1. The van der Waals surface area contributed by atoms with Gasteiger partial charge in [-0.15, -0.1) is 0 Å². The molecule has 118 valence electrons. The maximum Gasteiger partial charge on any atom is 0.260 e. The van der Waals surface area contributed by atoms with Crippen molar-refractivity contribution in [1.82, 2.24) is 4.98 Å². The Labute approximate surface area is 136 Å². The van der Waals surface area contributed by atoms with E-state index in [4.69, 9.17) is 4.74 Å². The van der Waals surface area contributed by atoms with E-state index in [1.54, 1.807) is 12.1 Å². The molecule has 1 heterocycles. The zero-order valence-electron chi connectivity index (χ0n) is 12.5. The molecule has 0 aliphatic carbocycles. The summed E-state index contributed by atoms with van der Waals surface area (Å²) in [6.45, 7) is 2.68. The molecule has 0 radical (unpaired) electrons. The minimum Gasteiger partial charge on any atom is -0.494 e. The number of halogens is 1. The van der Waals surface area contributed by atoms with E-state index in [0.29, 0.717) is 11.7 Å². The van der Waals surface area contributed by atoms with Gasteiger partial charge in [-0.25, -0.2) is 9.37 Å². The number of ether oxygens (including phenoxy) is 1. The van der Waals surface area contributed by atoms with Gasteiger partial charge in [0.05, 0.1) is 22.4 Å². The molecule has 0 saturated heterocycles. The number of aromatic nitrogens is 1. The second kappa shape index (κ2) is 6.75. The monoisotopic (exact) mass is 330 g/mol. The van der Waals surface area contributed by atoms with Gasteiger partial charge in [-0.3, -0.25) is 10.1 Å². The summed E-state index contributed by atoms with van der Waals surface area (Å²) in [6, 6.07) is 11.5. The first-order valence-electron chi connectivity index (χ1n) is 7.26. The molecule has 0 unspecified atom stereocenters. The van der Waals surface area contributed by atoms with Gasteiger partial charge < -0.3 is 4.74 Å². The Morgan fingerprint density at radius 1 is 1.30 bits per heavy atom. The zero-order chi connectivity index (χ0) is 16.2. The molecule has 0 aliphatic rings. The smallest absolute Gasteiger partial charge is 0.260 e. The van der Waals surface area contributed by atoms with E-state index in [-0.39, 0.29) is 5.56 Å². The number of amides is 1. The highest BCUT2D eigenvalue weighted by Crippen LogP contribution is 2.29. The van der Waals surface area contributed by atoms with Crippen LogP contribution in [0.5, 0.6) is 5.75 Å². The van der Waals surface area contributed by atoms with Crippen molar-refractivity contribution < 1.29 is 13.9 Å². The number of benzene rings is 2. The second-order valence-corrected chi connectivity index (χ2v) is 5.96.